The number of nitrogens with zero attached hydrogens (tertiary/aromatic N) is 2. The van der Waals surface area contributed by atoms with Gasteiger partial charge in [0.05, 0.1) is 27.7 Å². The maximum absolute atomic E-state index is 13.2. The number of fused-ring (bicyclic) bond motifs is 2. The second-order valence-corrected chi connectivity index (χ2v) is 11.3. The number of amides is 1. The third-order valence-corrected chi connectivity index (χ3v) is 8.25. The molecule has 5 rings (SSSR count). The van der Waals surface area contributed by atoms with Gasteiger partial charge in [0.2, 0.25) is 10.0 Å². The van der Waals surface area contributed by atoms with Gasteiger partial charge in [-0.25, -0.2) is 18.1 Å². The SMILES string of the molecule is CC(C)S(=O)(=O)NC1CCN(C(=O)c2ccc3[nH]c(-c4nc5ccccc5[nH]c4=O)c(N)c3c2)C1. The normalized spacial score (nSPS) is 16.5. The van der Waals surface area contributed by atoms with Gasteiger partial charge in [-0.1, -0.05) is 12.1 Å². The number of nitrogen functional groups attached to an aromatic ring is 1. The number of aromatic amines is 2. The number of H-pyrrole nitrogens is 2. The van der Waals surface area contributed by atoms with Gasteiger partial charge in [-0.15, -0.1) is 0 Å². The van der Waals surface area contributed by atoms with Crippen molar-refractivity contribution in [2.24, 2.45) is 0 Å². The van der Waals surface area contributed by atoms with E-state index in [0.717, 1.165) is 0 Å². The molecule has 0 bridgehead atoms. The van der Waals surface area contributed by atoms with E-state index in [1.165, 1.54) is 0 Å². The summed E-state index contributed by atoms with van der Waals surface area (Å²) in [6.45, 7) is 3.98. The lowest BCUT2D eigenvalue weighted by atomic mass is 10.1. The molecule has 0 spiro atoms. The maximum Gasteiger partial charge on any atom is 0.276 e. The number of nitrogens with two attached hydrogens (primary N) is 1. The molecule has 1 aliphatic rings. The number of hydrogen-bond acceptors (Lipinski definition) is 6. The molecule has 182 valence electrons. The molecule has 10 nitrogen and oxygen atoms in total. The monoisotopic (exact) mass is 494 g/mol. The molecule has 5 N–H and O–H groups in total. The second-order valence-electron chi connectivity index (χ2n) is 9.05. The first kappa shape index (κ1) is 23.1. The highest BCUT2D eigenvalue weighted by Crippen LogP contribution is 2.32. The molecule has 0 aliphatic carbocycles. The summed E-state index contributed by atoms with van der Waals surface area (Å²) in [4.78, 5) is 37.9. The number of benzene rings is 2. The number of aromatic nitrogens is 3. The summed E-state index contributed by atoms with van der Waals surface area (Å²) in [5, 5.41) is 0.0706. The van der Waals surface area contributed by atoms with Crippen LogP contribution in [0.4, 0.5) is 5.69 Å². The van der Waals surface area contributed by atoms with Crippen molar-refractivity contribution in [1.29, 1.82) is 0 Å². The smallest absolute Gasteiger partial charge is 0.276 e. The van der Waals surface area contributed by atoms with E-state index in [2.05, 4.69) is 19.7 Å². The minimum Gasteiger partial charge on any atom is -0.396 e. The van der Waals surface area contributed by atoms with E-state index in [-0.39, 0.29) is 23.2 Å². The van der Waals surface area contributed by atoms with E-state index in [1.807, 2.05) is 12.1 Å². The number of hydrogen-bond donors (Lipinski definition) is 4. The number of carbonyl (C=O) groups excluding carboxylic acids is 1. The standard InChI is InChI=1S/C24H26N6O4S/c1-13(2)35(33,34)29-15-9-10-30(12-15)24(32)14-7-8-17-16(11-14)20(25)21(26-17)22-23(31)28-19-6-4-3-5-18(19)27-22/h3-8,11,13,15,26,29H,9-10,12,25H2,1-2H3,(H,28,31). The zero-order valence-corrected chi connectivity index (χ0v) is 20.1. The Hall–Kier alpha value is -3.70. The Kier molecular flexibility index (Phi) is 5.60. The van der Waals surface area contributed by atoms with Gasteiger partial charge in [-0.2, -0.15) is 0 Å². The van der Waals surface area contributed by atoms with Gasteiger partial charge >= 0.3 is 0 Å². The van der Waals surface area contributed by atoms with Gasteiger partial charge in [0.25, 0.3) is 11.5 Å². The molecule has 1 unspecified atom stereocenters. The van der Waals surface area contributed by atoms with Crippen molar-refractivity contribution in [3.63, 3.8) is 0 Å². The third kappa shape index (κ3) is 4.17. The lowest BCUT2D eigenvalue weighted by Gasteiger charge is -2.18. The van der Waals surface area contributed by atoms with Crippen molar-refractivity contribution in [1.82, 2.24) is 24.6 Å². The van der Waals surface area contributed by atoms with Crippen LogP contribution in [-0.4, -0.2) is 58.6 Å². The number of likely N-dealkylation sites (tertiary alicyclic amines) is 1. The van der Waals surface area contributed by atoms with Crippen LogP contribution in [0.2, 0.25) is 0 Å². The Morgan fingerprint density at radius 3 is 2.71 bits per heavy atom. The molecule has 4 aromatic rings. The molecular formula is C24H26N6O4S. The fraction of sp³-hybridized carbons (Fsp3) is 0.292. The van der Waals surface area contributed by atoms with Crippen LogP contribution < -0.4 is 16.0 Å². The minimum atomic E-state index is -3.41. The molecule has 1 amide bonds. The average Bonchev–Trinajstić information content (AvgIpc) is 3.42. The van der Waals surface area contributed by atoms with Crippen LogP contribution in [0.25, 0.3) is 33.3 Å². The van der Waals surface area contributed by atoms with Crippen LogP contribution in [0.3, 0.4) is 0 Å². The third-order valence-electron chi connectivity index (χ3n) is 6.35. The zero-order valence-electron chi connectivity index (χ0n) is 19.3. The van der Waals surface area contributed by atoms with Crippen LogP contribution in [0.15, 0.2) is 47.3 Å². The van der Waals surface area contributed by atoms with E-state index in [9.17, 15) is 18.0 Å². The predicted molar refractivity (Wildman–Crippen MR) is 136 cm³/mol. The fourth-order valence-corrected chi connectivity index (χ4v) is 5.25. The first-order chi connectivity index (χ1) is 16.6. The van der Waals surface area contributed by atoms with Crippen molar-refractivity contribution in [2.75, 3.05) is 18.8 Å². The molecule has 2 aromatic heterocycles. The van der Waals surface area contributed by atoms with Gasteiger partial charge < -0.3 is 20.6 Å². The number of sulfonamides is 1. The largest absolute Gasteiger partial charge is 0.396 e. The molecule has 1 saturated heterocycles. The van der Waals surface area contributed by atoms with Gasteiger partial charge in [0.1, 0.15) is 0 Å². The predicted octanol–water partition coefficient (Wildman–Crippen LogP) is 2.20. The van der Waals surface area contributed by atoms with Gasteiger partial charge in [-0.3, -0.25) is 9.59 Å². The molecule has 1 atom stereocenters. The van der Waals surface area contributed by atoms with Crippen LogP contribution >= 0.6 is 0 Å². The van der Waals surface area contributed by atoms with Crippen LogP contribution in [0.1, 0.15) is 30.6 Å². The first-order valence-electron chi connectivity index (χ1n) is 11.3. The summed E-state index contributed by atoms with van der Waals surface area (Å²) >= 11 is 0. The average molecular weight is 495 g/mol. The molecule has 1 fully saturated rings. The van der Waals surface area contributed by atoms with Gasteiger partial charge in [0, 0.05) is 35.6 Å². The van der Waals surface area contributed by atoms with E-state index in [4.69, 9.17) is 5.73 Å². The lowest BCUT2D eigenvalue weighted by Crippen LogP contribution is -2.41. The molecule has 11 heteroatoms. The number of rotatable bonds is 5. The van der Waals surface area contributed by atoms with Gasteiger partial charge in [0.15, 0.2) is 5.69 Å². The Balaban J connectivity index is 1.43. The maximum atomic E-state index is 13.2. The second kappa shape index (κ2) is 8.51. The Labute approximate surface area is 201 Å². The van der Waals surface area contributed by atoms with Crippen molar-refractivity contribution >= 4 is 43.6 Å². The molecule has 0 radical (unpaired) electrons. The van der Waals surface area contributed by atoms with E-state index in [0.29, 0.717) is 58.4 Å². The number of nitrogens with one attached hydrogen (secondary N) is 3. The van der Waals surface area contributed by atoms with Gasteiger partial charge in [-0.05, 0) is 50.6 Å². The molecular weight excluding hydrogens is 468 g/mol. The van der Waals surface area contributed by atoms with Crippen molar-refractivity contribution < 1.29 is 13.2 Å². The zero-order chi connectivity index (χ0) is 24.9. The van der Waals surface area contributed by atoms with Crippen LogP contribution in [-0.2, 0) is 10.0 Å². The summed E-state index contributed by atoms with van der Waals surface area (Å²) in [6.07, 6.45) is 0.548. The van der Waals surface area contributed by atoms with Crippen molar-refractivity contribution in [3.05, 3.63) is 58.4 Å². The Morgan fingerprint density at radius 1 is 1.17 bits per heavy atom. The van der Waals surface area contributed by atoms with E-state index < -0.39 is 15.3 Å². The van der Waals surface area contributed by atoms with Crippen LogP contribution in [0.5, 0.6) is 0 Å². The highest BCUT2D eigenvalue weighted by molar-refractivity contribution is 7.90. The molecule has 1 aliphatic heterocycles. The highest BCUT2D eigenvalue weighted by atomic mass is 32.2. The van der Waals surface area contributed by atoms with Crippen LogP contribution in [0, 0.1) is 0 Å². The highest BCUT2D eigenvalue weighted by Gasteiger charge is 2.31. The minimum absolute atomic E-state index is 0.171. The Morgan fingerprint density at radius 2 is 1.94 bits per heavy atom. The summed E-state index contributed by atoms with van der Waals surface area (Å²) < 4.78 is 27.0. The van der Waals surface area contributed by atoms with Crippen molar-refractivity contribution in [2.45, 2.75) is 31.6 Å². The first-order valence-corrected chi connectivity index (χ1v) is 12.9. The molecule has 35 heavy (non-hydrogen) atoms. The summed E-state index contributed by atoms with van der Waals surface area (Å²) in [5.74, 6) is -0.207. The topological polar surface area (TPSA) is 154 Å². The summed E-state index contributed by atoms with van der Waals surface area (Å²) in [7, 11) is -3.41. The number of carbonyl (C=O) groups is 1. The number of para-hydroxylation sites is 2. The Bertz CT molecular complexity index is 1620. The van der Waals surface area contributed by atoms with Crippen molar-refractivity contribution in [3.8, 4) is 11.4 Å². The fourth-order valence-electron chi connectivity index (χ4n) is 4.32. The summed E-state index contributed by atoms with van der Waals surface area (Å²) in [5.41, 5.74) is 9.28. The molecule has 2 aromatic carbocycles. The van der Waals surface area contributed by atoms with E-state index >= 15 is 0 Å². The quantitative estimate of drug-likeness (QED) is 0.333. The summed E-state index contributed by atoms with van der Waals surface area (Å²) in [6, 6.07) is 12.0. The van der Waals surface area contributed by atoms with E-state index in [1.54, 1.807) is 49.1 Å². The number of anilines is 1. The molecule has 0 saturated carbocycles. The lowest BCUT2D eigenvalue weighted by molar-refractivity contribution is 0.0790. The molecule has 3 heterocycles.